The van der Waals surface area contributed by atoms with Crippen LogP contribution < -0.4 is 20.4 Å². The van der Waals surface area contributed by atoms with E-state index in [1.165, 1.54) is 12.1 Å². The molecule has 0 radical (unpaired) electrons. The van der Waals surface area contributed by atoms with Gasteiger partial charge in [-0.25, -0.2) is 4.79 Å². The standard InChI is InChI=1S/C32H40N6O5/c1-32(2,3)43-31(41)38-21-19-37(20-22-38)26-11-7-24(8-12-26)34-30(40)28-14-13-27(42-28)29(39)33-23-5-9-25(10-6-23)36-17-15-35(4)16-18-36/h5-14H,15-22H2,1-4H3,(H,33,39)(H,34,40). The van der Waals surface area contributed by atoms with E-state index in [1.54, 1.807) is 4.90 Å². The summed E-state index contributed by atoms with van der Waals surface area (Å²) in [7, 11) is 2.12. The van der Waals surface area contributed by atoms with Crippen molar-refractivity contribution in [1.82, 2.24) is 9.80 Å². The predicted molar refractivity (Wildman–Crippen MR) is 167 cm³/mol. The molecule has 11 heteroatoms. The van der Waals surface area contributed by atoms with Crippen LogP contribution in [0.4, 0.5) is 27.5 Å². The number of hydrogen-bond acceptors (Lipinski definition) is 8. The fourth-order valence-corrected chi connectivity index (χ4v) is 5.02. The third-order valence-corrected chi connectivity index (χ3v) is 7.47. The first kappa shape index (κ1) is 30.0. The number of nitrogens with zero attached hydrogens (tertiary/aromatic N) is 4. The quantitative estimate of drug-likeness (QED) is 0.430. The number of carbonyl (C=O) groups is 3. The van der Waals surface area contributed by atoms with Gasteiger partial charge in [0, 0.05) is 75.1 Å². The molecule has 0 saturated carbocycles. The molecule has 2 saturated heterocycles. The minimum absolute atomic E-state index is 0.0397. The minimum atomic E-state index is -0.518. The molecule has 43 heavy (non-hydrogen) atoms. The van der Waals surface area contributed by atoms with Crippen molar-refractivity contribution in [2.24, 2.45) is 0 Å². The third kappa shape index (κ3) is 7.86. The predicted octanol–water partition coefficient (Wildman–Crippen LogP) is 4.59. The number of likely N-dealkylation sites (N-methyl/N-ethyl adjacent to an activating group) is 1. The zero-order valence-electron chi connectivity index (χ0n) is 25.3. The highest BCUT2D eigenvalue weighted by molar-refractivity contribution is 6.05. The van der Waals surface area contributed by atoms with Crippen LogP contribution in [0.2, 0.25) is 0 Å². The number of rotatable bonds is 6. The Balaban J connectivity index is 1.10. The number of carbonyl (C=O) groups excluding carboxylic acids is 3. The summed E-state index contributed by atoms with van der Waals surface area (Å²) in [5.41, 5.74) is 2.85. The van der Waals surface area contributed by atoms with E-state index in [2.05, 4.69) is 32.4 Å². The number of hydrogen-bond donors (Lipinski definition) is 2. The molecule has 2 N–H and O–H groups in total. The Hall–Kier alpha value is -4.51. The van der Waals surface area contributed by atoms with Gasteiger partial charge in [0.15, 0.2) is 11.5 Å². The second-order valence-electron chi connectivity index (χ2n) is 11.9. The fraction of sp³-hybridized carbons (Fsp3) is 0.406. The number of benzene rings is 2. The van der Waals surface area contributed by atoms with Crippen molar-refractivity contribution in [2.75, 3.05) is 79.8 Å². The Bertz CT molecular complexity index is 1410. The highest BCUT2D eigenvalue weighted by Gasteiger charge is 2.26. The number of amides is 3. The van der Waals surface area contributed by atoms with Gasteiger partial charge in [-0.2, -0.15) is 0 Å². The first-order valence-electron chi connectivity index (χ1n) is 14.6. The van der Waals surface area contributed by atoms with Gasteiger partial charge in [-0.3, -0.25) is 9.59 Å². The van der Waals surface area contributed by atoms with Crippen LogP contribution in [0.1, 0.15) is 41.9 Å². The summed E-state index contributed by atoms with van der Waals surface area (Å²) in [5.74, 6) is -0.788. The van der Waals surface area contributed by atoms with Crippen LogP contribution in [0, 0.1) is 0 Å². The monoisotopic (exact) mass is 588 g/mol. The van der Waals surface area contributed by atoms with Gasteiger partial charge >= 0.3 is 6.09 Å². The van der Waals surface area contributed by atoms with Crippen molar-refractivity contribution < 1.29 is 23.5 Å². The smallest absolute Gasteiger partial charge is 0.410 e. The van der Waals surface area contributed by atoms with Crippen LogP contribution in [0.5, 0.6) is 0 Å². The van der Waals surface area contributed by atoms with Gasteiger partial charge in [0.25, 0.3) is 11.8 Å². The number of piperazine rings is 2. The maximum Gasteiger partial charge on any atom is 0.410 e. The zero-order valence-corrected chi connectivity index (χ0v) is 25.3. The summed E-state index contributed by atoms with van der Waals surface area (Å²) in [6.45, 7) is 12.1. The third-order valence-electron chi connectivity index (χ3n) is 7.47. The lowest BCUT2D eigenvalue weighted by Gasteiger charge is -2.36. The van der Waals surface area contributed by atoms with E-state index in [0.29, 0.717) is 37.6 Å². The first-order valence-corrected chi connectivity index (χ1v) is 14.6. The van der Waals surface area contributed by atoms with E-state index in [1.807, 2.05) is 69.3 Å². The molecule has 0 unspecified atom stereocenters. The molecule has 1 aromatic heterocycles. The molecule has 0 atom stereocenters. The Morgan fingerprint density at radius 1 is 0.651 bits per heavy atom. The van der Waals surface area contributed by atoms with Gasteiger partial charge in [0.1, 0.15) is 5.60 Å². The Labute approximate surface area is 252 Å². The summed E-state index contributed by atoms with van der Waals surface area (Å²) in [5, 5.41) is 5.64. The lowest BCUT2D eigenvalue weighted by atomic mass is 10.2. The zero-order chi connectivity index (χ0) is 30.6. The average molecular weight is 589 g/mol. The molecule has 0 bridgehead atoms. The molecule has 5 rings (SSSR count). The van der Waals surface area contributed by atoms with Crippen molar-refractivity contribution in [3.63, 3.8) is 0 Å². The molecule has 0 spiro atoms. The molecule has 2 aliphatic heterocycles. The van der Waals surface area contributed by atoms with E-state index in [4.69, 9.17) is 9.15 Å². The Kier molecular flexibility index (Phi) is 8.91. The van der Waals surface area contributed by atoms with Crippen LogP contribution in [0.25, 0.3) is 0 Å². The van der Waals surface area contributed by atoms with Gasteiger partial charge in [0.05, 0.1) is 0 Å². The van der Waals surface area contributed by atoms with Gasteiger partial charge in [-0.1, -0.05) is 0 Å². The van der Waals surface area contributed by atoms with E-state index in [0.717, 1.165) is 37.6 Å². The lowest BCUT2D eigenvalue weighted by Crippen LogP contribution is -2.50. The molecule has 2 fully saturated rings. The van der Waals surface area contributed by atoms with Crippen molar-refractivity contribution >= 4 is 40.7 Å². The molecule has 2 aliphatic rings. The van der Waals surface area contributed by atoms with Crippen molar-refractivity contribution in [3.05, 3.63) is 72.2 Å². The summed E-state index contributed by atoms with van der Waals surface area (Å²) in [6, 6.07) is 18.2. The van der Waals surface area contributed by atoms with Crippen molar-refractivity contribution in [3.8, 4) is 0 Å². The van der Waals surface area contributed by atoms with Gasteiger partial charge in [0.2, 0.25) is 0 Å². The summed E-state index contributed by atoms with van der Waals surface area (Å²) >= 11 is 0. The molecule has 228 valence electrons. The first-order chi connectivity index (χ1) is 20.5. The molecule has 3 amide bonds. The van der Waals surface area contributed by atoms with Gasteiger partial charge in [-0.15, -0.1) is 0 Å². The lowest BCUT2D eigenvalue weighted by molar-refractivity contribution is 0.0240. The van der Waals surface area contributed by atoms with Gasteiger partial charge in [-0.05, 0) is 88.5 Å². The maximum atomic E-state index is 12.8. The molecular weight excluding hydrogens is 548 g/mol. The summed E-state index contributed by atoms with van der Waals surface area (Å²) in [6.07, 6.45) is -0.292. The van der Waals surface area contributed by atoms with E-state index >= 15 is 0 Å². The maximum absolute atomic E-state index is 12.8. The van der Waals surface area contributed by atoms with Crippen molar-refractivity contribution in [2.45, 2.75) is 26.4 Å². The normalized spacial score (nSPS) is 16.1. The molecule has 3 aromatic rings. The molecule has 11 nitrogen and oxygen atoms in total. The van der Waals surface area contributed by atoms with Crippen LogP contribution in [0.3, 0.4) is 0 Å². The molecule has 3 heterocycles. The van der Waals surface area contributed by atoms with Crippen LogP contribution in [-0.4, -0.2) is 92.7 Å². The number of anilines is 4. The fourth-order valence-electron chi connectivity index (χ4n) is 5.02. The molecular formula is C32H40N6O5. The Morgan fingerprint density at radius 3 is 1.49 bits per heavy atom. The van der Waals surface area contributed by atoms with E-state index in [-0.39, 0.29) is 17.6 Å². The highest BCUT2D eigenvalue weighted by Crippen LogP contribution is 2.23. The molecule has 2 aromatic carbocycles. The van der Waals surface area contributed by atoms with Crippen LogP contribution >= 0.6 is 0 Å². The van der Waals surface area contributed by atoms with E-state index in [9.17, 15) is 14.4 Å². The SMILES string of the molecule is CN1CCN(c2ccc(NC(=O)c3ccc(C(=O)Nc4ccc(N5CCN(C(=O)OC(C)(C)C)CC5)cc4)o3)cc2)CC1. The van der Waals surface area contributed by atoms with Crippen LogP contribution in [0.15, 0.2) is 65.1 Å². The average Bonchev–Trinajstić information content (AvgIpc) is 3.49. The highest BCUT2D eigenvalue weighted by atomic mass is 16.6. The van der Waals surface area contributed by atoms with Crippen molar-refractivity contribution in [1.29, 1.82) is 0 Å². The second-order valence-corrected chi connectivity index (χ2v) is 11.9. The largest absolute Gasteiger partial charge is 0.446 e. The summed E-state index contributed by atoms with van der Waals surface area (Å²) < 4.78 is 11.0. The molecule has 0 aliphatic carbocycles. The Morgan fingerprint density at radius 2 is 1.07 bits per heavy atom. The number of furan rings is 1. The van der Waals surface area contributed by atoms with Gasteiger partial charge < -0.3 is 39.4 Å². The summed E-state index contributed by atoms with van der Waals surface area (Å²) in [4.78, 5) is 46.4. The van der Waals surface area contributed by atoms with Crippen LogP contribution in [-0.2, 0) is 4.74 Å². The number of nitrogens with one attached hydrogen (secondary N) is 2. The van der Waals surface area contributed by atoms with E-state index < -0.39 is 17.4 Å². The minimum Gasteiger partial charge on any atom is -0.446 e. The second kappa shape index (κ2) is 12.8. The number of ether oxygens (including phenoxy) is 1. The topological polar surface area (TPSA) is 111 Å².